The van der Waals surface area contributed by atoms with Gasteiger partial charge in [-0.25, -0.2) is 13.6 Å². The second kappa shape index (κ2) is 3.29. The van der Waals surface area contributed by atoms with Crippen molar-refractivity contribution in [3.05, 3.63) is 35.1 Å². The minimum Gasteiger partial charge on any atom is -0.479 e. The molecule has 0 saturated heterocycles. The molecule has 4 heteroatoms. The molecule has 1 aliphatic rings. The van der Waals surface area contributed by atoms with Crippen LogP contribution >= 0.6 is 0 Å². The topological polar surface area (TPSA) is 37.3 Å². The number of hydrogen-bond donors (Lipinski definition) is 1. The fourth-order valence-electron chi connectivity index (χ4n) is 2.08. The Morgan fingerprint density at radius 1 is 1.47 bits per heavy atom. The summed E-state index contributed by atoms with van der Waals surface area (Å²) in [5, 5.41) is 8.83. The van der Waals surface area contributed by atoms with Gasteiger partial charge in [0.05, 0.1) is 0 Å². The molecule has 1 atom stereocenters. The van der Waals surface area contributed by atoms with Crippen molar-refractivity contribution in [3.63, 3.8) is 0 Å². The summed E-state index contributed by atoms with van der Waals surface area (Å²) in [4.78, 5) is 10.8. The Bertz CT molecular complexity index is 417. The predicted octanol–water partition coefficient (Wildman–Crippen LogP) is 2.41. The van der Waals surface area contributed by atoms with Gasteiger partial charge in [-0.1, -0.05) is 12.1 Å². The van der Waals surface area contributed by atoms with E-state index in [1.807, 2.05) is 0 Å². The van der Waals surface area contributed by atoms with Crippen LogP contribution in [0, 0.1) is 5.82 Å². The van der Waals surface area contributed by atoms with Crippen molar-refractivity contribution in [2.24, 2.45) is 0 Å². The van der Waals surface area contributed by atoms with Crippen LogP contribution in [-0.4, -0.2) is 11.1 Å². The van der Waals surface area contributed by atoms with E-state index in [2.05, 4.69) is 0 Å². The maximum atomic E-state index is 14.1. The van der Waals surface area contributed by atoms with E-state index in [4.69, 9.17) is 5.11 Å². The number of carbonyl (C=O) groups is 1. The van der Waals surface area contributed by atoms with Crippen LogP contribution in [0.5, 0.6) is 0 Å². The fraction of sp³-hybridized carbons (Fsp3) is 0.364. The molecular formula is C11H10F2O2. The average Bonchev–Trinajstić information content (AvgIpc) is 2.17. The number of aliphatic carboxylic acids is 1. The number of aryl methyl sites for hydroxylation is 1. The molecule has 0 bridgehead atoms. The maximum absolute atomic E-state index is 14.1. The molecule has 2 rings (SSSR count). The van der Waals surface area contributed by atoms with Gasteiger partial charge in [-0.15, -0.1) is 0 Å². The van der Waals surface area contributed by atoms with Crippen molar-refractivity contribution in [1.29, 1.82) is 0 Å². The van der Waals surface area contributed by atoms with Gasteiger partial charge in [0.2, 0.25) is 5.67 Å². The number of halogens is 2. The first kappa shape index (κ1) is 10.1. The van der Waals surface area contributed by atoms with Crippen LogP contribution in [0.15, 0.2) is 18.2 Å². The summed E-state index contributed by atoms with van der Waals surface area (Å²) in [6, 6.07) is 4.15. The number of rotatable bonds is 1. The van der Waals surface area contributed by atoms with Crippen LogP contribution in [0.4, 0.5) is 8.78 Å². The van der Waals surface area contributed by atoms with Gasteiger partial charge >= 0.3 is 5.97 Å². The van der Waals surface area contributed by atoms with Crippen LogP contribution in [0.1, 0.15) is 24.0 Å². The average molecular weight is 212 g/mol. The Morgan fingerprint density at radius 2 is 2.20 bits per heavy atom. The maximum Gasteiger partial charge on any atom is 0.346 e. The SMILES string of the molecule is O=C(O)C1(F)CCCc2cccc(F)c21. The van der Waals surface area contributed by atoms with E-state index < -0.39 is 17.5 Å². The second-order valence-corrected chi connectivity index (χ2v) is 3.73. The monoisotopic (exact) mass is 212 g/mol. The van der Waals surface area contributed by atoms with Crippen molar-refractivity contribution >= 4 is 5.97 Å². The van der Waals surface area contributed by atoms with Gasteiger partial charge in [0.15, 0.2) is 0 Å². The standard InChI is InChI=1S/C11H10F2O2/c12-8-5-1-3-7-4-2-6-11(13,9(7)8)10(14)15/h1,3,5H,2,4,6H2,(H,14,15). The molecule has 0 saturated carbocycles. The van der Waals surface area contributed by atoms with Gasteiger partial charge in [-0.3, -0.25) is 0 Å². The molecule has 80 valence electrons. The first-order chi connectivity index (χ1) is 7.05. The van der Waals surface area contributed by atoms with Crippen molar-refractivity contribution in [2.75, 3.05) is 0 Å². The highest BCUT2D eigenvalue weighted by molar-refractivity contribution is 5.80. The van der Waals surface area contributed by atoms with E-state index in [1.165, 1.54) is 6.07 Å². The second-order valence-electron chi connectivity index (χ2n) is 3.73. The first-order valence-electron chi connectivity index (χ1n) is 4.76. The third kappa shape index (κ3) is 1.40. The van der Waals surface area contributed by atoms with Gasteiger partial charge < -0.3 is 5.11 Å². The molecular weight excluding hydrogens is 202 g/mol. The Labute approximate surface area is 85.5 Å². The molecule has 0 aliphatic heterocycles. The zero-order valence-corrected chi connectivity index (χ0v) is 7.96. The predicted molar refractivity (Wildman–Crippen MR) is 49.8 cm³/mol. The zero-order valence-electron chi connectivity index (χ0n) is 7.96. The number of carboxylic acid groups (broad SMARTS) is 1. The number of fused-ring (bicyclic) bond motifs is 1. The van der Waals surface area contributed by atoms with Gasteiger partial charge in [0.1, 0.15) is 5.82 Å². The van der Waals surface area contributed by atoms with Gasteiger partial charge in [0, 0.05) is 5.56 Å². The molecule has 1 aliphatic carbocycles. The van der Waals surface area contributed by atoms with E-state index in [0.29, 0.717) is 18.4 Å². The summed E-state index contributed by atoms with van der Waals surface area (Å²) >= 11 is 0. The molecule has 0 heterocycles. The molecule has 1 aromatic rings. The Hall–Kier alpha value is -1.45. The number of benzene rings is 1. The zero-order chi connectivity index (χ0) is 11.1. The molecule has 0 radical (unpaired) electrons. The minimum absolute atomic E-state index is 0.156. The van der Waals surface area contributed by atoms with E-state index >= 15 is 0 Å². The Kier molecular flexibility index (Phi) is 2.21. The van der Waals surface area contributed by atoms with Gasteiger partial charge in [0.25, 0.3) is 0 Å². The molecule has 2 nitrogen and oxygen atoms in total. The van der Waals surface area contributed by atoms with E-state index in [1.54, 1.807) is 6.07 Å². The lowest BCUT2D eigenvalue weighted by molar-refractivity contribution is -0.153. The third-order valence-electron chi connectivity index (χ3n) is 2.80. The first-order valence-corrected chi connectivity index (χ1v) is 4.76. The summed E-state index contributed by atoms with van der Waals surface area (Å²) in [5.74, 6) is -2.37. The Morgan fingerprint density at radius 3 is 2.87 bits per heavy atom. The molecule has 1 aromatic carbocycles. The summed E-state index contributed by atoms with van der Waals surface area (Å²) in [6.45, 7) is 0. The summed E-state index contributed by atoms with van der Waals surface area (Å²) in [5.41, 5.74) is -2.38. The highest BCUT2D eigenvalue weighted by Gasteiger charge is 2.46. The quantitative estimate of drug-likeness (QED) is 0.776. The van der Waals surface area contributed by atoms with Crippen molar-refractivity contribution in [2.45, 2.75) is 24.9 Å². The number of hydrogen-bond acceptors (Lipinski definition) is 1. The van der Waals surface area contributed by atoms with E-state index in [-0.39, 0.29) is 12.0 Å². The smallest absolute Gasteiger partial charge is 0.346 e. The van der Waals surface area contributed by atoms with Gasteiger partial charge in [-0.2, -0.15) is 0 Å². The molecule has 15 heavy (non-hydrogen) atoms. The molecule has 0 fully saturated rings. The molecule has 0 aromatic heterocycles. The largest absolute Gasteiger partial charge is 0.479 e. The van der Waals surface area contributed by atoms with Crippen LogP contribution < -0.4 is 0 Å². The third-order valence-corrected chi connectivity index (χ3v) is 2.80. The number of alkyl halides is 1. The van der Waals surface area contributed by atoms with Crippen LogP contribution in [0.25, 0.3) is 0 Å². The summed E-state index contributed by atoms with van der Waals surface area (Å²) in [7, 11) is 0. The van der Waals surface area contributed by atoms with Crippen LogP contribution in [-0.2, 0) is 16.9 Å². The van der Waals surface area contributed by atoms with Crippen LogP contribution in [0.2, 0.25) is 0 Å². The van der Waals surface area contributed by atoms with E-state index in [9.17, 15) is 13.6 Å². The van der Waals surface area contributed by atoms with Crippen LogP contribution in [0.3, 0.4) is 0 Å². The normalized spacial score (nSPS) is 24.7. The highest BCUT2D eigenvalue weighted by atomic mass is 19.1. The highest BCUT2D eigenvalue weighted by Crippen LogP contribution is 2.40. The van der Waals surface area contributed by atoms with Crippen molar-refractivity contribution in [3.8, 4) is 0 Å². The van der Waals surface area contributed by atoms with E-state index in [0.717, 1.165) is 6.07 Å². The summed E-state index contributed by atoms with van der Waals surface area (Å²) in [6.07, 6.45) is 0.807. The van der Waals surface area contributed by atoms with Crippen molar-refractivity contribution < 1.29 is 18.7 Å². The lowest BCUT2D eigenvalue weighted by Crippen LogP contribution is -2.35. The van der Waals surface area contributed by atoms with Crippen molar-refractivity contribution in [1.82, 2.24) is 0 Å². The molecule has 0 amide bonds. The summed E-state index contributed by atoms with van der Waals surface area (Å²) < 4.78 is 27.5. The van der Waals surface area contributed by atoms with Gasteiger partial charge in [-0.05, 0) is 30.9 Å². The minimum atomic E-state index is -2.56. The lowest BCUT2D eigenvalue weighted by atomic mass is 9.80. The Balaban J connectivity index is 2.64. The molecule has 1 unspecified atom stereocenters. The lowest BCUT2D eigenvalue weighted by Gasteiger charge is -2.28. The molecule has 0 spiro atoms. The fourth-order valence-corrected chi connectivity index (χ4v) is 2.08. The molecule has 1 N–H and O–H groups in total. The number of carboxylic acids is 1.